The maximum absolute atomic E-state index is 12.5. The maximum Gasteiger partial charge on any atom is 0.240 e. The van der Waals surface area contributed by atoms with Crippen molar-refractivity contribution in [1.29, 1.82) is 0 Å². The molecule has 0 saturated heterocycles. The average molecular weight is 378 g/mol. The summed E-state index contributed by atoms with van der Waals surface area (Å²) in [6.07, 6.45) is 2.71. The van der Waals surface area contributed by atoms with Crippen LogP contribution in [0.5, 0.6) is 0 Å². The first kappa shape index (κ1) is 19.1. The lowest BCUT2D eigenvalue weighted by Gasteiger charge is -2.11. The number of hydrogen-bond donors (Lipinski definition) is 1. The second kappa shape index (κ2) is 8.80. The van der Waals surface area contributed by atoms with Crippen LogP contribution >= 0.6 is 0 Å². The Hall–Kier alpha value is -2.69. The minimum absolute atomic E-state index is 0.293. The highest BCUT2D eigenvalue weighted by molar-refractivity contribution is 7.89. The van der Waals surface area contributed by atoms with Gasteiger partial charge in [-0.15, -0.1) is 0 Å². The molecule has 0 heterocycles. The van der Waals surface area contributed by atoms with Crippen LogP contribution in [0, 0.1) is 6.92 Å². The fourth-order valence-electron chi connectivity index (χ4n) is 2.82. The molecule has 3 aromatic rings. The SMILES string of the molecule is Cc1ccc(S(=O)(=O)NCC/C(=C\c2ccccc2)c2ccccc2)cc1. The average Bonchev–Trinajstić information content (AvgIpc) is 2.69. The summed E-state index contributed by atoms with van der Waals surface area (Å²) in [4.78, 5) is 0.293. The monoisotopic (exact) mass is 377 g/mol. The van der Waals surface area contributed by atoms with Gasteiger partial charge in [0.1, 0.15) is 0 Å². The molecule has 0 saturated carbocycles. The molecule has 0 atom stereocenters. The van der Waals surface area contributed by atoms with Gasteiger partial charge in [0.2, 0.25) is 10.0 Å². The van der Waals surface area contributed by atoms with E-state index in [0.29, 0.717) is 17.9 Å². The van der Waals surface area contributed by atoms with Crippen LogP contribution < -0.4 is 4.72 Å². The molecule has 0 aliphatic heterocycles. The van der Waals surface area contributed by atoms with E-state index in [-0.39, 0.29) is 0 Å². The lowest BCUT2D eigenvalue weighted by molar-refractivity contribution is 0.582. The van der Waals surface area contributed by atoms with Crippen LogP contribution in [-0.2, 0) is 10.0 Å². The van der Waals surface area contributed by atoms with Crippen molar-refractivity contribution in [1.82, 2.24) is 4.72 Å². The first-order valence-corrected chi connectivity index (χ1v) is 10.4. The van der Waals surface area contributed by atoms with Gasteiger partial charge in [0.15, 0.2) is 0 Å². The third kappa shape index (κ3) is 5.39. The van der Waals surface area contributed by atoms with Crippen molar-refractivity contribution in [3.8, 4) is 0 Å². The van der Waals surface area contributed by atoms with Gasteiger partial charge >= 0.3 is 0 Å². The van der Waals surface area contributed by atoms with Crippen LogP contribution in [0.15, 0.2) is 89.8 Å². The van der Waals surface area contributed by atoms with Crippen molar-refractivity contribution in [2.45, 2.75) is 18.2 Å². The lowest BCUT2D eigenvalue weighted by atomic mass is 10.00. The predicted octanol–water partition coefficient (Wildman–Crippen LogP) is 4.90. The van der Waals surface area contributed by atoms with Crippen LogP contribution in [0.3, 0.4) is 0 Å². The Bertz CT molecular complexity index is 993. The molecule has 0 aliphatic carbocycles. The maximum atomic E-state index is 12.5. The second-order valence-corrected chi connectivity index (χ2v) is 8.17. The Morgan fingerprint density at radius 1 is 0.852 bits per heavy atom. The van der Waals surface area contributed by atoms with E-state index in [4.69, 9.17) is 0 Å². The molecular weight excluding hydrogens is 354 g/mol. The summed E-state index contributed by atoms with van der Waals surface area (Å²) in [6, 6.07) is 27.0. The standard InChI is InChI=1S/C23H23NO2S/c1-19-12-14-23(15-13-19)27(25,26)24-17-16-22(21-10-6-3-7-11-21)18-20-8-4-2-5-9-20/h2-15,18,24H,16-17H2,1H3/b22-18+. The van der Waals surface area contributed by atoms with Gasteiger partial charge in [-0.2, -0.15) is 0 Å². The van der Waals surface area contributed by atoms with Gasteiger partial charge in [-0.1, -0.05) is 84.4 Å². The molecule has 0 radical (unpaired) electrons. The van der Waals surface area contributed by atoms with Crippen molar-refractivity contribution in [2.24, 2.45) is 0 Å². The summed E-state index contributed by atoms with van der Waals surface area (Å²) >= 11 is 0. The molecule has 3 nitrogen and oxygen atoms in total. The normalized spacial score (nSPS) is 12.1. The summed E-state index contributed by atoms with van der Waals surface area (Å²) in [5.41, 5.74) is 4.31. The first-order valence-electron chi connectivity index (χ1n) is 8.92. The fraction of sp³-hybridized carbons (Fsp3) is 0.130. The predicted molar refractivity (Wildman–Crippen MR) is 112 cm³/mol. The number of hydrogen-bond acceptors (Lipinski definition) is 2. The van der Waals surface area contributed by atoms with E-state index in [9.17, 15) is 8.42 Å². The first-order chi connectivity index (χ1) is 13.0. The highest BCUT2D eigenvalue weighted by atomic mass is 32.2. The van der Waals surface area contributed by atoms with Crippen molar-refractivity contribution in [3.63, 3.8) is 0 Å². The van der Waals surface area contributed by atoms with Gasteiger partial charge in [-0.05, 0) is 42.2 Å². The van der Waals surface area contributed by atoms with Crippen molar-refractivity contribution in [2.75, 3.05) is 6.54 Å². The van der Waals surface area contributed by atoms with E-state index in [2.05, 4.69) is 10.8 Å². The smallest absolute Gasteiger partial charge is 0.211 e. The van der Waals surface area contributed by atoms with Gasteiger partial charge in [0, 0.05) is 6.54 Å². The Morgan fingerprint density at radius 2 is 1.44 bits per heavy atom. The van der Waals surface area contributed by atoms with E-state index in [1.807, 2.05) is 67.6 Å². The Labute approximate surface area is 161 Å². The molecule has 138 valence electrons. The molecule has 0 unspecified atom stereocenters. The van der Waals surface area contributed by atoms with E-state index >= 15 is 0 Å². The lowest BCUT2D eigenvalue weighted by Crippen LogP contribution is -2.25. The molecule has 0 spiro atoms. The number of nitrogens with one attached hydrogen (secondary N) is 1. The molecular formula is C23H23NO2S. The number of benzene rings is 3. The highest BCUT2D eigenvalue weighted by Crippen LogP contribution is 2.21. The molecule has 3 aromatic carbocycles. The molecule has 1 N–H and O–H groups in total. The summed E-state index contributed by atoms with van der Waals surface area (Å²) in [6.45, 7) is 2.27. The van der Waals surface area contributed by atoms with Crippen molar-refractivity contribution >= 4 is 21.7 Å². The summed E-state index contributed by atoms with van der Waals surface area (Å²) in [5, 5.41) is 0. The molecule has 27 heavy (non-hydrogen) atoms. The van der Waals surface area contributed by atoms with Crippen LogP contribution in [0.2, 0.25) is 0 Å². The number of sulfonamides is 1. The van der Waals surface area contributed by atoms with Crippen molar-refractivity contribution < 1.29 is 8.42 Å². The topological polar surface area (TPSA) is 46.2 Å². The van der Waals surface area contributed by atoms with Crippen LogP contribution in [0.25, 0.3) is 11.6 Å². The number of rotatable bonds is 7. The molecule has 4 heteroatoms. The van der Waals surface area contributed by atoms with Crippen LogP contribution in [-0.4, -0.2) is 15.0 Å². The van der Waals surface area contributed by atoms with Gasteiger partial charge in [-0.3, -0.25) is 0 Å². The molecule has 0 aromatic heterocycles. The Kier molecular flexibility index (Phi) is 6.22. The fourth-order valence-corrected chi connectivity index (χ4v) is 3.86. The van der Waals surface area contributed by atoms with Crippen LogP contribution in [0.4, 0.5) is 0 Å². The summed E-state index contributed by atoms with van der Waals surface area (Å²) < 4.78 is 27.7. The van der Waals surface area contributed by atoms with Gasteiger partial charge < -0.3 is 0 Å². The zero-order chi connectivity index (χ0) is 19.1. The Morgan fingerprint density at radius 3 is 2.07 bits per heavy atom. The van der Waals surface area contributed by atoms with Gasteiger partial charge in [-0.25, -0.2) is 13.1 Å². The van der Waals surface area contributed by atoms with E-state index < -0.39 is 10.0 Å². The van der Waals surface area contributed by atoms with Crippen LogP contribution in [0.1, 0.15) is 23.1 Å². The molecule has 3 rings (SSSR count). The number of aryl methyl sites for hydroxylation is 1. The highest BCUT2D eigenvalue weighted by Gasteiger charge is 2.13. The summed E-state index contributed by atoms with van der Waals surface area (Å²) in [5.74, 6) is 0. The second-order valence-electron chi connectivity index (χ2n) is 6.41. The quantitative estimate of drug-likeness (QED) is 0.595. The molecule has 0 fully saturated rings. The van der Waals surface area contributed by atoms with Gasteiger partial charge in [0.05, 0.1) is 4.90 Å². The molecule has 0 aliphatic rings. The minimum Gasteiger partial charge on any atom is -0.211 e. The van der Waals surface area contributed by atoms with Crippen molar-refractivity contribution in [3.05, 3.63) is 102 Å². The van der Waals surface area contributed by atoms with Gasteiger partial charge in [0.25, 0.3) is 0 Å². The third-order valence-electron chi connectivity index (χ3n) is 4.30. The van der Waals surface area contributed by atoms with E-state index in [1.165, 1.54) is 0 Å². The summed E-state index contributed by atoms with van der Waals surface area (Å²) in [7, 11) is -3.50. The zero-order valence-electron chi connectivity index (χ0n) is 15.3. The van der Waals surface area contributed by atoms with E-state index in [1.54, 1.807) is 24.3 Å². The largest absolute Gasteiger partial charge is 0.240 e. The zero-order valence-corrected chi connectivity index (χ0v) is 16.1. The molecule has 0 bridgehead atoms. The Balaban J connectivity index is 1.75. The third-order valence-corrected chi connectivity index (χ3v) is 5.78. The molecule has 0 amide bonds. The van der Waals surface area contributed by atoms with E-state index in [0.717, 1.165) is 22.3 Å². The minimum atomic E-state index is -3.50.